The van der Waals surface area contributed by atoms with Gasteiger partial charge in [0.15, 0.2) is 17.7 Å². The molecule has 2 fully saturated rings. The quantitative estimate of drug-likeness (QED) is 0.245. The number of amides is 1. The molecule has 0 radical (unpaired) electrons. The Morgan fingerprint density at radius 2 is 1.80 bits per heavy atom. The second kappa shape index (κ2) is 11.6. The van der Waals surface area contributed by atoms with Crippen LogP contribution in [-0.4, -0.2) is 100 Å². The number of rotatable bonds is 9. The summed E-state index contributed by atoms with van der Waals surface area (Å²) in [6, 6.07) is -0.627. The fourth-order valence-corrected chi connectivity index (χ4v) is 6.36. The molecule has 6 N–H and O–H groups in total. The van der Waals surface area contributed by atoms with E-state index in [1.165, 1.54) is 22.1 Å². The summed E-state index contributed by atoms with van der Waals surface area (Å²) in [6.07, 6.45) is -2.88. The van der Waals surface area contributed by atoms with E-state index in [2.05, 4.69) is 19.3 Å². The normalized spacial score (nSPS) is 28.5. The third-order valence-corrected chi connectivity index (χ3v) is 8.64. The van der Waals surface area contributed by atoms with Crippen molar-refractivity contribution in [2.45, 2.75) is 69.8 Å². The molecule has 18 nitrogen and oxygen atoms in total. The van der Waals surface area contributed by atoms with Crippen molar-refractivity contribution in [2.24, 2.45) is 0 Å². The number of aromatic nitrogens is 4. The Kier molecular flexibility index (Phi) is 8.88. The molecule has 4 rings (SSSR count). The Bertz CT molecular complexity index is 1320. The molecule has 2 aromatic rings. The lowest BCUT2D eigenvalue weighted by atomic mass is 10.1. The fourth-order valence-electron chi connectivity index (χ4n) is 4.25. The van der Waals surface area contributed by atoms with Crippen molar-refractivity contribution in [2.75, 3.05) is 25.5 Å². The van der Waals surface area contributed by atoms with Gasteiger partial charge in [-0.3, -0.25) is 13.6 Å². The van der Waals surface area contributed by atoms with E-state index in [1.54, 1.807) is 20.8 Å². The Morgan fingerprint density at radius 3 is 2.48 bits per heavy atom. The number of aliphatic hydroxyl groups is 2. The third kappa shape index (κ3) is 7.15. The number of hydrogen-bond acceptors (Lipinski definition) is 14. The van der Waals surface area contributed by atoms with E-state index in [0.29, 0.717) is 19.4 Å². The number of phosphoric ester groups is 2. The lowest BCUT2D eigenvalue weighted by Gasteiger charge is -2.28. The second-order valence-corrected chi connectivity index (χ2v) is 13.3. The number of imidazole rings is 1. The summed E-state index contributed by atoms with van der Waals surface area (Å²) in [5.74, 6) is 0.0798. The number of nitrogens with zero attached hydrogens (tertiary/aromatic N) is 5. The lowest BCUT2D eigenvalue weighted by Crippen LogP contribution is -2.41. The Morgan fingerprint density at radius 1 is 1.12 bits per heavy atom. The van der Waals surface area contributed by atoms with Crippen LogP contribution in [0.25, 0.3) is 11.2 Å². The van der Waals surface area contributed by atoms with E-state index in [-0.39, 0.29) is 17.0 Å². The number of nitrogens with two attached hydrogens (primary N) is 1. The van der Waals surface area contributed by atoms with E-state index in [1.807, 2.05) is 0 Å². The molecule has 0 aliphatic carbocycles. The van der Waals surface area contributed by atoms with Gasteiger partial charge in [0, 0.05) is 6.54 Å². The maximum absolute atomic E-state index is 12.4. The van der Waals surface area contributed by atoms with Crippen LogP contribution in [0, 0.1) is 0 Å². The largest absolute Gasteiger partial charge is 0.481 e. The molecule has 40 heavy (non-hydrogen) atoms. The molecule has 4 heterocycles. The first kappa shape index (κ1) is 30.7. The predicted molar refractivity (Wildman–Crippen MR) is 134 cm³/mol. The van der Waals surface area contributed by atoms with Gasteiger partial charge in [-0.1, -0.05) is 0 Å². The van der Waals surface area contributed by atoms with Gasteiger partial charge in [0.05, 0.1) is 25.6 Å². The first-order valence-electron chi connectivity index (χ1n) is 12.2. The minimum Gasteiger partial charge on any atom is -0.444 e. The van der Waals surface area contributed by atoms with Gasteiger partial charge in [0.25, 0.3) is 0 Å². The molecule has 0 saturated carbocycles. The predicted octanol–water partition coefficient (Wildman–Crippen LogP) is 0.678. The number of anilines is 1. The van der Waals surface area contributed by atoms with Crippen molar-refractivity contribution in [3.63, 3.8) is 0 Å². The van der Waals surface area contributed by atoms with Crippen molar-refractivity contribution in [1.29, 1.82) is 0 Å². The molecule has 0 bridgehead atoms. The average molecular weight is 610 g/mol. The van der Waals surface area contributed by atoms with Crippen molar-refractivity contribution in [3.05, 3.63) is 12.7 Å². The van der Waals surface area contributed by atoms with Crippen LogP contribution in [0.5, 0.6) is 0 Å². The van der Waals surface area contributed by atoms with E-state index < -0.39 is 71.1 Å². The maximum Gasteiger partial charge on any atom is 0.481 e. The number of fused-ring (bicyclic) bond motifs is 1. The van der Waals surface area contributed by atoms with Gasteiger partial charge in [-0.05, 0) is 33.6 Å². The Hall–Kier alpha value is -2.24. The van der Waals surface area contributed by atoms with Crippen LogP contribution in [0.15, 0.2) is 12.7 Å². The summed E-state index contributed by atoms with van der Waals surface area (Å²) in [5.41, 5.74) is 5.44. The number of ether oxygens (including phenoxy) is 2. The second-order valence-electron chi connectivity index (χ2n) is 10.2. The SMILES string of the molecule is CC(C)(C)OC(=O)N1CCC[C@H]1COP(=O)(O)OP(=O)(O)OC[C@H]1O[C@@H](n2cnc3c(N)ncnc32)[C@H](O)[C@@H]1O. The number of likely N-dealkylation sites (tertiary alicyclic amines) is 1. The van der Waals surface area contributed by atoms with Crippen LogP contribution in [-0.2, 0) is 32.0 Å². The van der Waals surface area contributed by atoms with Gasteiger partial charge in [-0.15, -0.1) is 0 Å². The molecule has 2 aliphatic rings. The summed E-state index contributed by atoms with van der Waals surface area (Å²) < 4.78 is 50.9. The molecule has 2 unspecified atom stereocenters. The number of aliphatic hydroxyl groups excluding tert-OH is 2. The Balaban J connectivity index is 1.31. The van der Waals surface area contributed by atoms with Gasteiger partial charge >= 0.3 is 21.7 Å². The minimum absolute atomic E-state index is 0.0798. The number of carbonyl (C=O) groups excluding carboxylic acids is 1. The number of nitrogen functional groups attached to an aromatic ring is 1. The minimum atomic E-state index is -5.23. The Labute approximate surface area is 228 Å². The first-order valence-corrected chi connectivity index (χ1v) is 15.2. The van der Waals surface area contributed by atoms with Crippen LogP contribution in [0.2, 0.25) is 0 Å². The van der Waals surface area contributed by atoms with E-state index in [4.69, 9.17) is 24.3 Å². The summed E-state index contributed by atoms with van der Waals surface area (Å²) in [4.78, 5) is 45.6. The van der Waals surface area contributed by atoms with Crippen LogP contribution in [0.4, 0.5) is 10.6 Å². The van der Waals surface area contributed by atoms with Crippen LogP contribution in [0.3, 0.4) is 0 Å². The standard InChI is InChI=1S/C20H32N6O12P2/c1-20(2,3)37-19(29)25-6-4-5-11(25)7-34-39(30,31)38-40(32,33)35-8-12-14(27)15(28)18(36-12)26-10-24-13-16(21)22-9-23-17(13)26/h9-12,14-15,18,27-28H,4-8H2,1-3H3,(H,30,31)(H,32,33)(H2,21,22,23)/t11-,12+,14+,15+,18+/m0/s1. The summed E-state index contributed by atoms with van der Waals surface area (Å²) >= 11 is 0. The van der Waals surface area contributed by atoms with Gasteiger partial charge < -0.3 is 40.1 Å². The van der Waals surface area contributed by atoms with E-state index in [0.717, 1.165) is 0 Å². The number of hydrogen-bond donors (Lipinski definition) is 5. The molecular formula is C20H32N6O12P2. The molecule has 224 valence electrons. The molecule has 2 aliphatic heterocycles. The third-order valence-electron chi connectivity index (χ3n) is 6.04. The summed E-state index contributed by atoms with van der Waals surface area (Å²) in [6.45, 7) is 4.14. The van der Waals surface area contributed by atoms with E-state index in [9.17, 15) is 33.9 Å². The highest BCUT2D eigenvalue weighted by atomic mass is 31.3. The van der Waals surface area contributed by atoms with Gasteiger partial charge in [-0.25, -0.2) is 28.9 Å². The molecule has 7 atom stereocenters. The van der Waals surface area contributed by atoms with Crippen LogP contribution >= 0.6 is 15.6 Å². The summed E-state index contributed by atoms with van der Waals surface area (Å²) in [5, 5.41) is 20.9. The molecule has 0 aromatic carbocycles. The average Bonchev–Trinajstić information content (AvgIpc) is 3.54. The van der Waals surface area contributed by atoms with Crippen molar-refractivity contribution < 1.29 is 56.8 Å². The zero-order valence-corrected chi connectivity index (χ0v) is 23.6. The molecule has 0 spiro atoms. The van der Waals surface area contributed by atoms with Gasteiger partial charge in [-0.2, -0.15) is 4.31 Å². The van der Waals surface area contributed by atoms with Gasteiger partial charge in [0.2, 0.25) is 0 Å². The topological polar surface area (TPSA) is 251 Å². The first-order chi connectivity index (χ1) is 18.6. The van der Waals surface area contributed by atoms with Crippen LogP contribution < -0.4 is 5.73 Å². The number of phosphoric acid groups is 2. The molecular weight excluding hydrogens is 578 g/mol. The summed E-state index contributed by atoms with van der Waals surface area (Å²) in [7, 11) is -10.4. The highest BCUT2D eigenvalue weighted by molar-refractivity contribution is 7.61. The molecule has 20 heteroatoms. The zero-order valence-electron chi connectivity index (χ0n) is 21.8. The smallest absolute Gasteiger partial charge is 0.444 e. The van der Waals surface area contributed by atoms with Crippen LogP contribution in [0.1, 0.15) is 39.8 Å². The highest BCUT2D eigenvalue weighted by Gasteiger charge is 2.46. The monoisotopic (exact) mass is 610 g/mol. The maximum atomic E-state index is 12.4. The van der Waals surface area contributed by atoms with Crippen molar-refractivity contribution in [3.8, 4) is 0 Å². The van der Waals surface area contributed by atoms with Gasteiger partial charge in [0.1, 0.15) is 35.8 Å². The fraction of sp³-hybridized carbons (Fsp3) is 0.700. The molecule has 2 saturated heterocycles. The highest BCUT2D eigenvalue weighted by Crippen LogP contribution is 2.60. The number of carbonyl (C=O) groups is 1. The van der Waals surface area contributed by atoms with Crippen molar-refractivity contribution in [1.82, 2.24) is 24.4 Å². The molecule has 1 amide bonds. The van der Waals surface area contributed by atoms with E-state index >= 15 is 0 Å². The lowest BCUT2D eigenvalue weighted by molar-refractivity contribution is -0.0504. The molecule has 2 aromatic heterocycles. The zero-order chi connectivity index (χ0) is 29.5. The van der Waals surface area contributed by atoms with Crippen molar-refractivity contribution >= 4 is 38.7 Å².